The van der Waals surface area contributed by atoms with Gasteiger partial charge in [-0.15, -0.1) is 0 Å². The Balaban J connectivity index is 2.13. The lowest BCUT2D eigenvalue weighted by atomic mass is 10.0. The van der Waals surface area contributed by atoms with Crippen molar-refractivity contribution in [3.05, 3.63) is 41.0 Å². The number of benzene rings is 1. The van der Waals surface area contributed by atoms with Gasteiger partial charge in [0.1, 0.15) is 0 Å². The summed E-state index contributed by atoms with van der Waals surface area (Å²) in [6, 6.07) is 3.89. The van der Waals surface area contributed by atoms with Crippen molar-refractivity contribution in [3.63, 3.8) is 0 Å². The Morgan fingerprint density at radius 1 is 1.20 bits per heavy atom. The van der Waals surface area contributed by atoms with E-state index in [-0.39, 0.29) is 11.3 Å². The molecule has 30 heavy (non-hydrogen) atoms. The molecule has 0 radical (unpaired) electrons. The first-order valence-corrected chi connectivity index (χ1v) is 9.90. The first-order chi connectivity index (χ1) is 13.8. The molecule has 0 saturated carbocycles. The minimum atomic E-state index is -5.04. The fourth-order valence-electron chi connectivity index (χ4n) is 2.64. The van der Waals surface area contributed by atoms with Gasteiger partial charge in [0.15, 0.2) is 11.4 Å². The predicted octanol–water partition coefficient (Wildman–Crippen LogP) is 4.77. The van der Waals surface area contributed by atoms with Crippen LogP contribution in [0.25, 0.3) is 6.08 Å². The Morgan fingerprint density at radius 2 is 1.83 bits per heavy atom. The summed E-state index contributed by atoms with van der Waals surface area (Å²) in [5.74, 6) is -1.43. The molecule has 2 rings (SSSR count). The second-order valence-electron chi connectivity index (χ2n) is 6.80. The molecule has 1 atom stereocenters. The van der Waals surface area contributed by atoms with Crippen molar-refractivity contribution >= 4 is 17.8 Å². The monoisotopic (exact) mass is 455 g/mol. The van der Waals surface area contributed by atoms with Crippen LogP contribution >= 0.6 is 11.8 Å². The van der Waals surface area contributed by atoms with Crippen LogP contribution < -0.4 is 0 Å². The molecule has 0 amide bonds. The summed E-state index contributed by atoms with van der Waals surface area (Å²) in [5.41, 5.74) is -5.38. The van der Waals surface area contributed by atoms with E-state index >= 15 is 0 Å². The average Bonchev–Trinajstić information content (AvgIpc) is 3.08. The van der Waals surface area contributed by atoms with Gasteiger partial charge in [-0.05, 0) is 36.4 Å². The van der Waals surface area contributed by atoms with Gasteiger partial charge in [0, 0.05) is 12.2 Å². The Morgan fingerprint density at radius 3 is 2.37 bits per heavy atom. The molecule has 1 heterocycles. The highest BCUT2D eigenvalue weighted by molar-refractivity contribution is 7.99. The third-order valence-electron chi connectivity index (χ3n) is 4.43. The van der Waals surface area contributed by atoms with E-state index in [1.165, 1.54) is 6.07 Å². The summed E-state index contributed by atoms with van der Waals surface area (Å²) in [6.07, 6.45) is -8.40. The average molecular weight is 455 g/mol. The summed E-state index contributed by atoms with van der Waals surface area (Å²) in [6.45, 7) is 2.45. The van der Waals surface area contributed by atoms with Crippen LogP contribution in [-0.2, 0) is 15.7 Å². The molecule has 1 aromatic rings. The number of halogens is 6. The van der Waals surface area contributed by atoms with Crippen LogP contribution in [-0.4, -0.2) is 47.4 Å². The third-order valence-corrected chi connectivity index (χ3v) is 5.57. The van der Waals surface area contributed by atoms with E-state index in [1.807, 2.05) is 0 Å². The smallest absolute Gasteiger partial charge is 0.376 e. The number of aliphatic hydroxyl groups is 1. The van der Waals surface area contributed by atoms with Gasteiger partial charge < -0.3 is 14.6 Å². The molecule has 1 unspecified atom stereocenters. The van der Waals surface area contributed by atoms with E-state index in [9.17, 15) is 31.4 Å². The molecule has 166 valence electrons. The summed E-state index contributed by atoms with van der Waals surface area (Å²) < 4.78 is 90.0. The number of hydrogen-bond acceptors (Lipinski definition) is 5. The normalized spacial score (nSPS) is 19.0. The van der Waals surface area contributed by atoms with E-state index in [4.69, 9.17) is 14.7 Å². The van der Waals surface area contributed by atoms with E-state index in [1.54, 1.807) is 6.92 Å². The number of ether oxygens (including phenoxy) is 2. The van der Waals surface area contributed by atoms with Gasteiger partial charge in [-0.25, -0.2) is 0 Å². The molecule has 4 nitrogen and oxygen atoms in total. The van der Waals surface area contributed by atoms with Gasteiger partial charge in [0.2, 0.25) is 0 Å². The molecule has 11 heteroatoms. The van der Waals surface area contributed by atoms with Gasteiger partial charge in [-0.3, -0.25) is 0 Å². The molecule has 1 aliphatic heterocycles. The second-order valence-corrected chi connectivity index (χ2v) is 7.91. The lowest BCUT2D eigenvalue weighted by Gasteiger charge is -2.28. The van der Waals surface area contributed by atoms with Crippen LogP contribution in [0.1, 0.15) is 30.0 Å². The van der Waals surface area contributed by atoms with Crippen LogP contribution in [0.15, 0.2) is 24.3 Å². The van der Waals surface area contributed by atoms with Crippen molar-refractivity contribution in [2.24, 2.45) is 0 Å². The summed E-state index contributed by atoms with van der Waals surface area (Å²) >= 11 is 0.817. The maximum Gasteiger partial charge on any atom is 0.421 e. The molecule has 0 aliphatic carbocycles. The molecule has 1 aromatic carbocycles. The van der Waals surface area contributed by atoms with Crippen molar-refractivity contribution in [3.8, 4) is 6.07 Å². The topological polar surface area (TPSA) is 62.5 Å². The maximum atomic E-state index is 13.4. The Hall–Kier alpha value is -1.74. The SMILES string of the molecule is CC1(CCSCC(O)(C=Cc2ccc(C#N)c(C(F)(F)F)c2)C(F)(F)F)OCCO1. The minimum Gasteiger partial charge on any atom is -0.376 e. The summed E-state index contributed by atoms with van der Waals surface area (Å²) in [5, 5.41) is 18.9. The first-order valence-electron chi connectivity index (χ1n) is 8.75. The Bertz CT molecular complexity index is 812. The molecule has 1 fully saturated rings. The van der Waals surface area contributed by atoms with Crippen LogP contribution in [0.5, 0.6) is 0 Å². The van der Waals surface area contributed by atoms with E-state index in [2.05, 4.69) is 0 Å². The lowest BCUT2D eigenvalue weighted by molar-refractivity contribution is -0.230. The van der Waals surface area contributed by atoms with Crippen molar-refractivity contribution in [2.45, 2.75) is 37.1 Å². The maximum absolute atomic E-state index is 13.4. The number of nitrogens with zero attached hydrogens (tertiary/aromatic N) is 1. The Kier molecular flexibility index (Phi) is 7.50. The second kappa shape index (κ2) is 9.18. The standard InChI is InChI=1S/C19H19F6NO3S/c1-16(28-7-8-29-16)6-9-30-12-17(27,19(23,24)25)5-4-13-2-3-14(11-26)15(10-13)18(20,21)22/h2-5,10,27H,6-9,12H2,1H3. The first kappa shape index (κ1) is 24.5. The highest BCUT2D eigenvalue weighted by Gasteiger charge is 2.51. The minimum absolute atomic E-state index is 0.206. The molecule has 1 N–H and O–H groups in total. The van der Waals surface area contributed by atoms with E-state index in [0.717, 1.165) is 30.0 Å². The summed E-state index contributed by atoms with van der Waals surface area (Å²) in [7, 11) is 0. The van der Waals surface area contributed by atoms with Crippen LogP contribution in [0, 0.1) is 11.3 Å². The number of alkyl halides is 6. The number of rotatable bonds is 7. The lowest BCUT2D eigenvalue weighted by Crippen LogP contribution is -2.45. The zero-order chi connectivity index (χ0) is 22.6. The fraction of sp³-hybridized carbons (Fsp3) is 0.526. The highest BCUT2D eigenvalue weighted by atomic mass is 32.2. The van der Waals surface area contributed by atoms with E-state index < -0.39 is 40.6 Å². The van der Waals surface area contributed by atoms with Gasteiger partial charge in [-0.2, -0.15) is 43.4 Å². The van der Waals surface area contributed by atoms with Crippen LogP contribution in [0.3, 0.4) is 0 Å². The third kappa shape index (κ3) is 6.14. The van der Waals surface area contributed by atoms with Crippen LogP contribution in [0.4, 0.5) is 26.3 Å². The van der Waals surface area contributed by atoms with Crippen molar-refractivity contribution in [1.82, 2.24) is 0 Å². The molecular formula is C19H19F6NO3S. The molecule has 0 aromatic heterocycles. The largest absolute Gasteiger partial charge is 0.421 e. The van der Waals surface area contributed by atoms with Gasteiger partial charge >= 0.3 is 12.4 Å². The number of thioether (sulfide) groups is 1. The highest BCUT2D eigenvalue weighted by Crippen LogP contribution is 2.37. The predicted molar refractivity (Wildman–Crippen MR) is 98.4 cm³/mol. The van der Waals surface area contributed by atoms with E-state index in [0.29, 0.717) is 31.8 Å². The molecular weight excluding hydrogens is 436 g/mol. The molecule has 1 saturated heterocycles. The van der Waals surface area contributed by atoms with Crippen molar-refractivity contribution in [2.75, 3.05) is 24.7 Å². The molecule has 1 aliphatic rings. The Labute approximate surface area is 173 Å². The van der Waals surface area contributed by atoms with Crippen LogP contribution in [0.2, 0.25) is 0 Å². The zero-order valence-electron chi connectivity index (χ0n) is 15.8. The zero-order valence-corrected chi connectivity index (χ0v) is 16.6. The van der Waals surface area contributed by atoms with Gasteiger partial charge in [0.25, 0.3) is 0 Å². The van der Waals surface area contributed by atoms with Gasteiger partial charge in [0.05, 0.1) is 30.4 Å². The van der Waals surface area contributed by atoms with Gasteiger partial charge in [-0.1, -0.05) is 12.1 Å². The number of nitriles is 1. The molecule has 0 spiro atoms. The van der Waals surface area contributed by atoms with Crippen molar-refractivity contribution < 1.29 is 40.9 Å². The molecule has 0 bridgehead atoms. The quantitative estimate of drug-likeness (QED) is 0.474. The van der Waals surface area contributed by atoms with Crippen molar-refractivity contribution in [1.29, 1.82) is 5.26 Å². The fourth-order valence-corrected chi connectivity index (χ4v) is 3.87. The summed E-state index contributed by atoms with van der Waals surface area (Å²) in [4.78, 5) is 0. The number of hydrogen-bond donors (Lipinski definition) is 1.